The monoisotopic (exact) mass is 452 g/mol. The van der Waals surface area contributed by atoms with Gasteiger partial charge >= 0.3 is 5.97 Å². The third kappa shape index (κ3) is 4.43. The number of carboxylic acids is 1. The van der Waals surface area contributed by atoms with Crippen molar-refractivity contribution in [1.29, 1.82) is 0 Å². The minimum absolute atomic E-state index is 0.0791. The lowest BCUT2D eigenvalue weighted by atomic mass is 9.97. The Kier molecular flexibility index (Phi) is 5.98. The number of anilines is 1. The number of fused-ring (bicyclic) bond motifs is 1. The van der Waals surface area contributed by atoms with Crippen LogP contribution in [0.5, 0.6) is 0 Å². The topological polar surface area (TPSA) is 82.2 Å². The van der Waals surface area contributed by atoms with Gasteiger partial charge in [0.2, 0.25) is 0 Å². The van der Waals surface area contributed by atoms with Crippen molar-refractivity contribution in [3.63, 3.8) is 0 Å². The second-order valence-electron chi connectivity index (χ2n) is 7.09. The van der Waals surface area contributed by atoms with Crippen LogP contribution in [0.1, 0.15) is 32.0 Å². The molecule has 0 bridgehead atoms. The highest BCUT2D eigenvalue weighted by molar-refractivity contribution is 6.40. The Hall–Kier alpha value is -3.28. The van der Waals surface area contributed by atoms with Crippen molar-refractivity contribution in [2.45, 2.75) is 6.42 Å². The van der Waals surface area contributed by atoms with Crippen LogP contribution in [0.4, 0.5) is 5.69 Å². The molecule has 0 saturated carbocycles. The second-order valence-corrected chi connectivity index (χ2v) is 7.93. The van der Waals surface area contributed by atoms with Gasteiger partial charge in [-0.25, -0.2) is 4.79 Å². The summed E-state index contributed by atoms with van der Waals surface area (Å²) in [5, 5.41) is 13.7. The Morgan fingerprint density at radius 1 is 0.968 bits per heavy atom. The SMILES string of the molecule is O=C(CNc1c(C(=O)O)[nH]c2cc(Cl)cc(Cl)c12)c1ccccc1Cc1ccccc1. The molecule has 0 radical (unpaired) electrons. The molecule has 1 aromatic heterocycles. The summed E-state index contributed by atoms with van der Waals surface area (Å²) in [6.07, 6.45) is 0.626. The molecule has 0 fully saturated rings. The Morgan fingerprint density at radius 3 is 2.42 bits per heavy atom. The molecule has 4 rings (SSSR count). The van der Waals surface area contributed by atoms with E-state index < -0.39 is 5.97 Å². The third-order valence-electron chi connectivity index (χ3n) is 5.01. The predicted octanol–water partition coefficient (Wildman–Crippen LogP) is 6.06. The third-order valence-corrected chi connectivity index (χ3v) is 5.53. The highest BCUT2D eigenvalue weighted by atomic mass is 35.5. The molecular weight excluding hydrogens is 435 g/mol. The van der Waals surface area contributed by atoms with E-state index in [9.17, 15) is 14.7 Å². The summed E-state index contributed by atoms with van der Waals surface area (Å²) in [5.74, 6) is -1.31. The summed E-state index contributed by atoms with van der Waals surface area (Å²) in [7, 11) is 0. The molecule has 3 aromatic carbocycles. The minimum atomic E-state index is -1.16. The van der Waals surface area contributed by atoms with Crippen LogP contribution in [0.15, 0.2) is 66.7 Å². The van der Waals surface area contributed by atoms with Gasteiger partial charge in [-0.2, -0.15) is 0 Å². The van der Waals surface area contributed by atoms with Gasteiger partial charge in [0.05, 0.1) is 22.8 Å². The smallest absolute Gasteiger partial charge is 0.354 e. The lowest BCUT2D eigenvalue weighted by molar-refractivity contribution is 0.0692. The molecule has 0 aliphatic rings. The quantitative estimate of drug-likeness (QED) is 0.297. The van der Waals surface area contributed by atoms with Gasteiger partial charge in [0.25, 0.3) is 0 Å². The zero-order valence-corrected chi connectivity index (χ0v) is 17.8. The molecule has 0 spiro atoms. The number of carbonyl (C=O) groups is 2. The number of carboxylic acid groups (broad SMARTS) is 1. The average molecular weight is 453 g/mol. The number of Topliss-reactive ketones (excluding diaryl/α,β-unsaturated/α-hetero) is 1. The van der Waals surface area contributed by atoms with Crippen LogP contribution in [0, 0.1) is 0 Å². The van der Waals surface area contributed by atoms with Gasteiger partial charge in [0.1, 0.15) is 5.69 Å². The number of carbonyl (C=O) groups excluding carboxylic acids is 1. The number of nitrogens with one attached hydrogen (secondary N) is 2. The normalized spacial score (nSPS) is 10.9. The number of rotatable bonds is 7. The van der Waals surface area contributed by atoms with Crippen molar-refractivity contribution in [2.24, 2.45) is 0 Å². The van der Waals surface area contributed by atoms with E-state index in [1.165, 1.54) is 6.07 Å². The highest BCUT2D eigenvalue weighted by Gasteiger charge is 2.21. The number of halogens is 2. The lowest BCUT2D eigenvalue weighted by Gasteiger charge is -2.11. The summed E-state index contributed by atoms with van der Waals surface area (Å²) >= 11 is 12.3. The standard InChI is InChI=1S/C24H18Cl2N2O3/c25-16-11-18(26)21-19(12-16)28-23(24(30)31)22(21)27-13-20(29)17-9-5-4-8-15(17)10-14-6-2-1-3-7-14/h1-9,11-12,27-28H,10,13H2,(H,30,31). The summed E-state index contributed by atoms with van der Waals surface area (Å²) in [4.78, 5) is 27.6. The molecule has 0 amide bonds. The van der Waals surface area contributed by atoms with Crippen LogP contribution in [0.3, 0.4) is 0 Å². The first-order valence-electron chi connectivity index (χ1n) is 9.57. The van der Waals surface area contributed by atoms with E-state index in [4.69, 9.17) is 23.2 Å². The summed E-state index contributed by atoms with van der Waals surface area (Å²) in [6.45, 7) is -0.0853. The van der Waals surface area contributed by atoms with Gasteiger partial charge in [-0.15, -0.1) is 0 Å². The molecule has 156 valence electrons. The summed E-state index contributed by atoms with van der Waals surface area (Å²) in [5.41, 5.74) is 3.26. The Morgan fingerprint density at radius 2 is 1.68 bits per heavy atom. The molecular formula is C24H18Cl2N2O3. The number of hydrogen-bond donors (Lipinski definition) is 3. The highest BCUT2D eigenvalue weighted by Crippen LogP contribution is 2.36. The Bertz CT molecular complexity index is 1280. The van der Waals surface area contributed by atoms with Crippen molar-refractivity contribution >= 4 is 51.5 Å². The van der Waals surface area contributed by atoms with E-state index in [-0.39, 0.29) is 23.7 Å². The van der Waals surface area contributed by atoms with Gasteiger partial charge in [-0.1, -0.05) is 77.8 Å². The molecule has 0 atom stereocenters. The molecule has 0 aliphatic heterocycles. The number of ketones is 1. The van der Waals surface area contributed by atoms with Crippen molar-refractivity contribution in [3.05, 3.63) is 99.2 Å². The van der Waals surface area contributed by atoms with Crippen molar-refractivity contribution < 1.29 is 14.7 Å². The molecule has 5 nitrogen and oxygen atoms in total. The van der Waals surface area contributed by atoms with Crippen LogP contribution < -0.4 is 5.32 Å². The molecule has 7 heteroatoms. The Labute approximate surface area is 188 Å². The zero-order valence-electron chi connectivity index (χ0n) is 16.3. The maximum absolute atomic E-state index is 13.0. The van der Waals surface area contributed by atoms with E-state index in [2.05, 4.69) is 10.3 Å². The second kappa shape index (κ2) is 8.84. The number of aromatic carboxylic acids is 1. The molecule has 3 N–H and O–H groups in total. The zero-order chi connectivity index (χ0) is 22.0. The van der Waals surface area contributed by atoms with Crippen LogP contribution in [-0.4, -0.2) is 28.4 Å². The maximum atomic E-state index is 13.0. The maximum Gasteiger partial charge on any atom is 0.354 e. The van der Waals surface area contributed by atoms with Crippen LogP contribution in [-0.2, 0) is 6.42 Å². The molecule has 31 heavy (non-hydrogen) atoms. The molecule has 4 aromatic rings. The number of benzene rings is 3. The van der Waals surface area contributed by atoms with Gasteiger partial charge in [-0.3, -0.25) is 4.79 Å². The first-order valence-corrected chi connectivity index (χ1v) is 10.3. The fourth-order valence-corrected chi connectivity index (χ4v) is 4.20. The van der Waals surface area contributed by atoms with E-state index in [1.54, 1.807) is 12.1 Å². The fourth-order valence-electron chi connectivity index (χ4n) is 3.61. The van der Waals surface area contributed by atoms with Crippen molar-refractivity contribution in [2.75, 3.05) is 11.9 Å². The molecule has 0 saturated heterocycles. The van der Waals surface area contributed by atoms with E-state index in [1.807, 2.05) is 48.5 Å². The molecule has 0 unspecified atom stereocenters. The molecule has 0 aliphatic carbocycles. The summed E-state index contributed by atoms with van der Waals surface area (Å²) < 4.78 is 0. The van der Waals surface area contributed by atoms with Gasteiger partial charge in [0, 0.05) is 16.0 Å². The fraction of sp³-hybridized carbons (Fsp3) is 0.0833. The number of aromatic nitrogens is 1. The number of hydrogen-bond acceptors (Lipinski definition) is 3. The van der Waals surface area contributed by atoms with Crippen LogP contribution in [0.25, 0.3) is 10.9 Å². The minimum Gasteiger partial charge on any atom is -0.477 e. The summed E-state index contributed by atoms with van der Waals surface area (Å²) in [6, 6.07) is 20.4. The lowest BCUT2D eigenvalue weighted by Crippen LogP contribution is -2.17. The Balaban J connectivity index is 1.62. The average Bonchev–Trinajstić information content (AvgIpc) is 3.12. The molecule has 1 heterocycles. The number of H-pyrrole nitrogens is 1. The van der Waals surface area contributed by atoms with Gasteiger partial charge in [-0.05, 0) is 29.7 Å². The van der Waals surface area contributed by atoms with Gasteiger partial charge < -0.3 is 15.4 Å². The van der Waals surface area contributed by atoms with E-state index in [0.29, 0.717) is 32.9 Å². The van der Waals surface area contributed by atoms with E-state index in [0.717, 1.165) is 11.1 Å². The predicted molar refractivity (Wildman–Crippen MR) is 124 cm³/mol. The largest absolute Gasteiger partial charge is 0.477 e. The first-order chi connectivity index (χ1) is 14.9. The van der Waals surface area contributed by atoms with Gasteiger partial charge in [0.15, 0.2) is 5.78 Å². The number of aromatic amines is 1. The van der Waals surface area contributed by atoms with Crippen molar-refractivity contribution in [1.82, 2.24) is 4.98 Å². The van der Waals surface area contributed by atoms with E-state index >= 15 is 0 Å². The van der Waals surface area contributed by atoms with Crippen LogP contribution in [0.2, 0.25) is 10.0 Å². The first kappa shape index (κ1) is 21.0. The van der Waals surface area contributed by atoms with Crippen molar-refractivity contribution in [3.8, 4) is 0 Å². The van der Waals surface area contributed by atoms with Crippen LogP contribution >= 0.6 is 23.2 Å².